The molecule has 0 bridgehead atoms. The molecule has 0 fully saturated rings. The zero-order valence-electron chi connectivity index (χ0n) is 18.1. The number of hydrogen-bond donors (Lipinski definition) is 2. The fourth-order valence-electron chi connectivity index (χ4n) is 3.77. The summed E-state index contributed by atoms with van der Waals surface area (Å²) in [4.78, 5) is 38.9. The number of aromatic nitrogens is 2. The monoisotopic (exact) mass is 431 g/mol. The van der Waals surface area contributed by atoms with E-state index in [0.717, 1.165) is 28.1 Å². The van der Waals surface area contributed by atoms with Gasteiger partial charge in [0, 0.05) is 37.1 Å². The minimum Gasteiger partial charge on any atom is -0.333 e. The molecule has 0 saturated carbocycles. The van der Waals surface area contributed by atoms with Crippen molar-refractivity contribution in [1.29, 1.82) is 0 Å². The summed E-state index contributed by atoms with van der Waals surface area (Å²) in [7, 11) is 0. The van der Waals surface area contributed by atoms with Gasteiger partial charge in [-0.3, -0.25) is 9.59 Å². The highest BCUT2D eigenvalue weighted by atomic mass is 16.2. The summed E-state index contributed by atoms with van der Waals surface area (Å²) in [6.07, 6.45) is 0.607. The summed E-state index contributed by atoms with van der Waals surface area (Å²) >= 11 is 0. The van der Waals surface area contributed by atoms with E-state index in [1.807, 2.05) is 56.3 Å². The van der Waals surface area contributed by atoms with Gasteiger partial charge in [-0.25, -0.2) is 9.48 Å². The minimum atomic E-state index is -0.313. The second-order valence-electron chi connectivity index (χ2n) is 7.74. The largest absolute Gasteiger partial charge is 0.333 e. The predicted octanol–water partition coefficient (Wildman–Crippen LogP) is 3.41. The number of carbonyl (C=O) groups excluding carboxylic acids is 2. The van der Waals surface area contributed by atoms with Crippen LogP contribution in [0.1, 0.15) is 34.1 Å². The first-order valence-corrected chi connectivity index (χ1v) is 10.6. The van der Waals surface area contributed by atoms with Crippen LogP contribution >= 0.6 is 0 Å². The Bertz CT molecular complexity index is 1220. The SMILES string of the molecule is CCn1nc(C(=O)N2CCc3c(cccc3NC(=O)Nc3ccc(C)cc3)C2)ccc1=O. The van der Waals surface area contributed by atoms with Gasteiger partial charge in [0.25, 0.3) is 11.5 Å². The lowest BCUT2D eigenvalue weighted by atomic mass is 9.97. The van der Waals surface area contributed by atoms with E-state index < -0.39 is 0 Å². The Morgan fingerprint density at radius 3 is 2.56 bits per heavy atom. The standard InChI is InChI=1S/C24H25N5O3/c1-3-29-22(30)12-11-21(27-29)23(31)28-14-13-19-17(15-28)5-4-6-20(19)26-24(32)25-18-9-7-16(2)8-10-18/h4-12H,3,13-15H2,1-2H3,(H2,25,26,32). The second-order valence-corrected chi connectivity index (χ2v) is 7.74. The zero-order chi connectivity index (χ0) is 22.7. The molecule has 0 saturated heterocycles. The number of amides is 3. The fraction of sp³-hybridized carbons (Fsp3) is 0.250. The van der Waals surface area contributed by atoms with Crippen LogP contribution in [0.4, 0.5) is 16.2 Å². The van der Waals surface area contributed by atoms with Crippen LogP contribution in [0.15, 0.2) is 59.4 Å². The normalized spacial score (nSPS) is 12.8. The van der Waals surface area contributed by atoms with Crippen LogP contribution in [-0.4, -0.2) is 33.2 Å². The molecule has 0 radical (unpaired) electrons. The van der Waals surface area contributed by atoms with Gasteiger partial charge in [-0.05, 0) is 55.7 Å². The molecule has 4 rings (SSSR count). The average Bonchev–Trinajstić information content (AvgIpc) is 2.80. The molecule has 2 aromatic carbocycles. The lowest BCUT2D eigenvalue weighted by Crippen LogP contribution is -2.38. The van der Waals surface area contributed by atoms with Crippen molar-refractivity contribution in [3.05, 3.63) is 87.3 Å². The van der Waals surface area contributed by atoms with Crippen molar-refractivity contribution in [1.82, 2.24) is 14.7 Å². The van der Waals surface area contributed by atoms with Gasteiger partial charge in [0.2, 0.25) is 0 Å². The topological polar surface area (TPSA) is 96.3 Å². The third-order valence-electron chi connectivity index (χ3n) is 5.50. The quantitative estimate of drug-likeness (QED) is 0.662. The highest BCUT2D eigenvalue weighted by Crippen LogP contribution is 2.27. The van der Waals surface area contributed by atoms with Crippen LogP contribution in [0.3, 0.4) is 0 Å². The first kappa shape index (κ1) is 21.3. The Labute approximate surface area is 185 Å². The number of nitrogens with zero attached hydrogens (tertiary/aromatic N) is 3. The van der Waals surface area contributed by atoms with E-state index in [1.165, 1.54) is 16.8 Å². The molecule has 0 atom stereocenters. The van der Waals surface area contributed by atoms with Crippen molar-refractivity contribution < 1.29 is 9.59 Å². The van der Waals surface area contributed by atoms with E-state index in [4.69, 9.17) is 0 Å². The van der Waals surface area contributed by atoms with Gasteiger partial charge in [-0.15, -0.1) is 0 Å². The van der Waals surface area contributed by atoms with Crippen LogP contribution in [0, 0.1) is 6.92 Å². The molecule has 0 unspecified atom stereocenters. The van der Waals surface area contributed by atoms with Crippen LogP contribution in [0.5, 0.6) is 0 Å². The summed E-state index contributed by atoms with van der Waals surface area (Å²) in [6.45, 7) is 5.11. The van der Waals surface area contributed by atoms with E-state index >= 15 is 0 Å². The molecule has 1 aliphatic rings. The first-order chi connectivity index (χ1) is 15.4. The molecule has 8 heteroatoms. The number of anilines is 2. The maximum atomic E-state index is 12.9. The Balaban J connectivity index is 1.47. The van der Waals surface area contributed by atoms with Crippen molar-refractivity contribution >= 4 is 23.3 Å². The van der Waals surface area contributed by atoms with Gasteiger partial charge in [0.15, 0.2) is 0 Å². The number of nitrogens with one attached hydrogen (secondary N) is 2. The summed E-state index contributed by atoms with van der Waals surface area (Å²) in [5.74, 6) is -0.215. The number of rotatable bonds is 4. The number of benzene rings is 2. The highest BCUT2D eigenvalue weighted by Gasteiger charge is 2.25. The minimum absolute atomic E-state index is 0.215. The fourth-order valence-corrected chi connectivity index (χ4v) is 3.77. The summed E-state index contributed by atoms with van der Waals surface area (Å²) in [5.41, 5.74) is 4.58. The number of aryl methyl sites for hydroxylation is 2. The smallest absolute Gasteiger partial charge is 0.323 e. The Morgan fingerprint density at radius 2 is 1.81 bits per heavy atom. The van der Waals surface area contributed by atoms with E-state index in [1.54, 1.807) is 4.90 Å². The van der Waals surface area contributed by atoms with Crippen LogP contribution in [0.2, 0.25) is 0 Å². The predicted molar refractivity (Wildman–Crippen MR) is 123 cm³/mol. The first-order valence-electron chi connectivity index (χ1n) is 10.6. The summed E-state index contributed by atoms with van der Waals surface area (Å²) in [6, 6.07) is 15.8. The van der Waals surface area contributed by atoms with Gasteiger partial charge in [0.1, 0.15) is 5.69 Å². The summed E-state index contributed by atoms with van der Waals surface area (Å²) in [5, 5.41) is 9.94. The second kappa shape index (κ2) is 9.05. The Morgan fingerprint density at radius 1 is 1.03 bits per heavy atom. The Kier molecular flexibility index (Phi) is 6.02. The summed E-state index contributed by atoms with van der Waals surface area (Å²) < 4.78 is 1.28. The molecule has 1 aliphatic heterocycles. The van der Waals surface area contributed by atoms with Gasteiger partial charge >= 0.3 is 6.03 Å². The Hall–Kier alpha value is -3.94. The van der Waals surface area contributed by atoms with Crippen molar-refractivity contribution in [2.45, 2.75) is 33.4 Å². The van der Waals surface area contributed by atoms with Gasteiger partial charge in [-0.2, -0.15) is 5.10 Å². The lowest BCUT2D eigenvalue weighted by molar-refractivity contribution is 0.0726. The number of carbonyl (C=O) groups is 2. The molecule has 1 aromatic heterocycles. The third kappa shape index (κ3) is 4.54. The van der Waals surface area contributed by atoms with Gasteiger partial charge < -0.3 is 15.5 Å². The average molecular weight is 431 g/mol. The van der Waals surface area contributed by atoms with Crippen molar-refractivity contribution in [3.8, 4) is 0 Å². The lowest BCUT2D eigenvalue weighted by Gasteiger charge is -2.30. The molecule has 2 N–H and O–H groups in total. The van der Waals surface area contributed by atoms with Crippen LogP contribution in [0.25, 0.3) is 0 Å². The molecule has 2 heterocycles. The number of fused-ring (bicyclic) bond motifs is 1. The van der Waals surface area contributed by atoms with Crippen molar-refractivity contribution in [2.75, 3.05) is 17.2 Å². The van der Waals surface area contributed by atoms with Crippen molar-refractivity contribution in [3.63, 3.8) is 0 Å². The molecular weight excluding hydrogens is 406 g/mol. The zero-order valence-corrected chi connectivity index (χ0v) is 18.1. The van der Waals surface area contributed by atoms with Gasteiger partial charge in [0.05, 0.1) is 0 Å². The molecule has 3 aromatic rings. The van der Waals surface area contributed by atoms with E-state index in [-0.39, 0.29) is 23.2 Å². The molecule has 164 valence electrons. The van der Waals surface area contributed by atoms with Gasteiger partial charge in [-0.1, -0.05) is 29.8 Å². The van der Waals surface area contributed by atoms with E-state index in [0.29, 0.717) is 26.1 Å². The molecule has 8 nitrogen and oxygen atoms in total. The highest BCUT2D eigenvalue weighted by molar-refractivity contribution is 6.00. The van der Waals surface area contributed by atoms with E-state index in [9.17, 15) is 14.4 Å². The van der Waals surface area contributed by atoms with Crippen molar-refractivity contribution in [2.24, 2.45) is 0 Å². The van der Waals surface area contributed by atoms with E-state index in [2.05, 4.69) is 15.7 Å². The number of hydrogen-bond acceptors (Lipinski definition) is 4. The van der Waals surface area contributed by atoms with Crippen LogP contribution < -0.4 is 16.2 Å². The molecule has 32 heavy (non-hydrogen) atoms. The molecular formula is C24H25N5O3. The maximum Gasteiger partial charge on any atom is 0.323 e. The number of urea groups is 1. The molecule has 3 amide bonds. The third-order valence-corrected chi connectivity index (χ3v) is 5.50. The maximum absolute atomic E-state index is 12.9. The molecule has 0 spiro atoms. The van der Waals surface area contributed by atoms with Crippen LogP contribution in [-0.2, 0) is 19.5 Å². The molecule has 0 aliphatic carbocycles.